The van der Waals surface area contributed by atoms with E-state index in [1.807, 2.05) is 30.3 Å². The zero-order chi connectivity index (χ0) is 31.7. The van der Waals surface area contributed by atoms with E-state index in [2.05, 4.69) is 16.0 Å². The van der Waals surface area contributed by atoms with E-state index in [1.54, 1.807) is 26.0 Å². The number of hydrogen-bond acceptors (Lipinski definition) is 7. The second-order valence-corrected chi connectivity index (χ2v) is 11.3. The van der Waals surface area contributed by atoms with Gasteiger partial charge in [-0.05, 0) is 48.9 Å². The fourth-order valence-corrected chi connectivity index (χ4v) is 4.97. The lowest BCUT2D eigenvalue weighted by molar-refractivity contribution is -0.143. The Morgan fingerprint density at radius 2 is 1.47 bits per heavy atom. The number of likely N-dealkylation sites (tertiary alicyclic amines) is 1. The van der Waals surface area contributed by atoms with Crippen LogP contribution in [0.3, 0.4) is 0 Å². The molecule has 12 heteroatoms. The standard InChI is InChI=1S/C31H42N6O6/c1-18(2)26(36-28(40)19(3)32)31(43)37-15-7-10-25(37)30(42)35-24(17-20-8-5-4-6-9-20)29(41)34-23(27(33)39)16-21-11-13-22(38)14-12-21/h4-6,8-9,11-14,18-19,23-26,38H,7,10,15-17,32H2,1-3H3,(H2,33,39)(H,34,41)(H,35,42)(H,36,40)/t19-,23-,24-,25-,26-/m0/s1. The van der Waals surface area contributed by atoms with Gasteiger partial charge in [-0.3, -0.25) is 24.0 Å². The summed E-state index contributed by atoms with van der Waals surface area (Å²) in [5, 5.41) is 17.7. The Bertz CT molecular complexity index is 1280. The van der Waals surface area contributed by atoms with Gasteiger partial charge in [0.25, 0.3) is 0 Å². The fraction of sp³-hybridized carbons (Fsp3) is 0.452. The molecular formula is C31H42N6O6. The van der Waals surface area contributed by atoms with Crippen LogP contribution in [0.1, 0.15) is 44.7 Å². The predicted octanol–water partition coefficient (Wildman–Crippen LogP) is 0.111. The molecule has 43 heavy (non-hydrogen) atoms. The number of nitrogens with zero attached hydrogens (tertiary/aromatic N) is 1. The van der Waals surface area contributed by atoms with Crippen molar-refractivity contribution in [2.75, 3.05) is 6.54 Å². The summed E-state index contributed by atoms with van der Waals surface area (Å²) in [6.45, 7) is 5.43. The third kappa shape index (κ3) is 9.27. The van der Waals surface area contributed by atoms with Gasteiger partial charge in [0.1, 0.15) is 29.9 Å². The summed E-state index contributed by atoms with van der Waals surface area (Å²) in [6, 6.07) is 10.6. The highest BCUT2D eigenvalue weighted by Crippen LogP contribution is 2.21. The van der Waals surface area contributed by atoms with Gasteiger partial charge < -0.3 is 37.4 Å². The van der Waals surface area contributed by atoms with Crippen LogP contribution in [0.4, 0.5) is 0 Å². The second kappa shape index (κ2) is 15.1. The van der Waals surface area contributed by atoms with Gasteiger partial charge in [0.05, 0.1) is 6.04 Å². The molecule has 3 rings (SSSR count). The minimum Gasteiger partial charge on any atom is -0.508 e. The second-order valence-electron chi connectivity index (χ2n) is 11.3. The molecule has 0 bridgehead atoms. The number of benzene rings is 2. The molecule has 5 amide bonds. The summed E-state index contributed by atoms with van der Waals surface area (Å²) < 4.78 is 0. The van der Waals surface area contributed by atoms with E-state index in [0.717, 1.165) is 5.56 Å². The first-order valence-corrected chi connectivity index (χ1v) is 14.5. The van der Waals surface area contributed by atoms with E-state index < -0.39 is 59.7 Å². The average molecular weight is 595 g/mol. The lowest BCUT2D eigenvalue weighted by atomic mass is 10.0. The number of phenolic OH excluding ortho intramolecular Hbond substituents is 1. The van der Waals surface area contributed by atoms with Crippen LogP contribution in [-0.2, 0) is 36.8 Å². The maximum absolute atomic E-state index is 13.6. The van der Waals surface area contributed by atoms with E-state index in [0.29, 0.717) is 24.9 Å². The highest BCUT2D eigenvalue weighted by atomic mass is 16.3. The molecule has 0 saturated carbocycles. The molecule has 1 fully saturated rings. The van der Waals surface area contributed by atoms with Gasteiger partial charge in [0.15, 0.2) is 0 Å². The number of carbonyl (C=O) groups is 5. The number of nitrogens with two attached hydrogens (primary N) is 2. The molecule has 12 nitrogen and oxygen atoms in total. The van der Waals surface area contributed by atoms with Crippen molar-refractivity contribution in [3.05, 3.63) is 65.7 Å². The summed E-state index contributed by atoms with van der Waals surface area (Å²) in [4.78, 5) is 66.7. The molecule has 2 aromatic carbocycles. The zero-order valence-corrected chi connectivity index (χ0v) is 24.8. The molecule has 8 N–H and O–H groups in total. The topological polar surface area (TPSA) is 197 Å². The monoisotopic (exact) mass is 594 g/mol. The Labute approximate surface area is 251 Å². The molecule has 0 spiro atoms. The lowest BCUT2D eigenvalue weighted by Crippen LogP contribution is -2.59. The maximum Gasteiger partial charge on any atom is 0.246 e. The molecule has 232 valence electrons. The first kappa shape index (κ1) is 33.1. The van der Waals surface area contributed by atoms with Crippen LogP contribution in [0.15, 0.2) is 54.6 Å². The van der Waals surface area contributed by atoms with Gasteiger partial charge in [0, 0.05) is 19.4 Å². The minimum atomic E-state index is -1.08. The number of hydrogen-bond donors (Lipinski definition) is 6. The third-order valence-electron chi connectivity index (χ3n) is 7.43. The Morgan fingerprint density at radius 1 is 0.860 bits per heavy atom. The Morgan fingerprint density at radius 3 is 2.05 bits per heavy atom. The molecule has 0 aromatic heterocycles. The average Bonchev–Trinajstić information content (AvgIpc) is 3.46. The van der Waals surface area contributed by atoms with Gasteiger partial charge in [-0.15, -0.1) is 0 Å². The molecule has 0 unspecified atom stereocenters. The molecule has 0 aliphatic carbocycles. The Balaban J connectivity index is 1.79. The highest BCUT2D eigenvalue weighted by Gasteiger charge is 2.40. The first-order valence-electron chi connectivity index (χ1n) is 14.5. The van der Waals surface area contributed by atoms with Crippen LogP contribution >= 0.6 is 0 Å². The van der Waals surface area contributed by atoms with Crippen molar-refractivity contribution in [1.82, 2.24) is 20.9 Å². The van der Waals surface area contributed by atoms with Crippen molar-refractivity contribution in [1.29, 1.82) is 0 Å². The minimum absolute atomic E-state index is 0.0597. The molecule has 2 aromatic rings. The lowest BCUT2D eigenvalue weighted by Gasteiger charge is -2.31. The van der Waals surface area contributed by atoms with Crippen LogP contribution in [0.2, 0.25) is 0 Å². The van der Waals surface area contributed by atoms with E-state index in [9.17, 15) is 29.1 Å². The van der Waals surface area contributed by atoms with Crippen molar-refractivity contribution < 1.29 is 29.1 Å². The van der Waals surface area contributed by atoms with E-state index in [-0.39, 0.29) is 24.5 Å². The van der Waals surface area contributed by atoms with Crippen LogP contribution in [0.25, 0.3) is 0 Å². The van der Waals surface area contributed by atoms with E-state index >= 15 is 0 Å². The summed E-state index contributed by atoms with van der Waals surface area (Å²) in [7, 11) is 0. The normalized spacial score (nSPS) is 17.4. The van der Waals surface area contributed by atoms with Gasteiger partial charge >= 0.3 is 0 Å². The summed E-state index contributed by atoms with van der Waals surface area (Å²) in [5.41, 5.74) is 12.7. The quantitative estimate of drug-likeness (QED) is 0.189. The van der Waals surface area contributed by atoms with Crippen LogP contribution in [0, 0.1) is 5.92 Å². The number of amides is 5. The van der Waals surface area contributed by atoms with Crippen molar-refractivity contribution in [2.45, 2.75) is 76.7 Å². The summed E-state index contributed by atoms with van der Waals surface area (Å²) >= 11 is 0. The van der Waals surface area contributed by atoms with E-state index in [1.165, 1.54) is 24.0 Å². The molecular weight excluding hydrogens is 552 g/mol. The van der Waals surface area contributed by atoms with Crippen molar-refractivity contribution in [3.63, 3.8) is 0 Å². The zero-order valence-electron chi connectivity index (χ0n) is 24.8. The van der Waals surface area contributed by atoms with Gasteiger partial charge in [-0.2, -0.15) is 0 Å². The van der Waals surface area contributed by atoms with Crippen molar-refractivity contribution >= 4 is 29.5 Å². The number of rotatable bonds is 13. The number of aromatic hydroxyl groups is 1. The Hall–Kier alpha value is -4.45. The number of nitrogens with one attached hydrogen (secondary N) is 3. The molecule has 5 atom stereocenters. The SMILES string of the molecule is CC(C)[C@H](NC(=O)[C@H](C)N)C(=O)N1CCC[C@H]1C(=O)N[C@@H](Cc1ccccc1)C(=O)N[C@@H](Cc1ccc(O)cc1)C(N)=O. The Kier molecular flexibility index (Phi) is 11.6. The number of carbonyl (C=O) groups excluding carboxylic acids is 5. The van der Waals surface area contributed by atoms with Crippen molar-refractivity contribution in [3.8, 4) is 5.75 Å². The highest BCUT2D eigenvalue weighted by molar-refractivity contribution is 5.96. The summed E-state index contributed by atoms with van der Waals surface area (Å²) in [5.74, 6) is -2.94. The third-order valence-corrected chi connectivity index (χ3v) is 7.43. The maximum atomic E-state index is 13.6. The predicted molar refractivity (Wildman–Crippen MR) is 160 cm³/mol. The first-order chi connectivity index (χ1) is 20.4. The largest absolute Gasteiger partial charge is 0.508 e. The number of phenols is 1. The molecule has 1 saturated heterocycles. The van der Waals surface area contributed by atoms with Gasteiger partial charge in [0.2, 0.25) is 29.5 Å². The molecule has 1 aliphatic rings. The van der Waals surface area contributed by atoms with Crippen LogP contribution in [0.5, 0.6) is 5.75 Å². The van der Waals surface area contributed by atoms with E-state index in [4.69, 9.17) is 11.5 Å². The molecule has 1 heterocycles. The van der Waals surface area contributed by atoms with Gasteiger partial charge in [-0.25, -0.2) is 0 Å². The van der Waals surface area contributed by atoms with Crippen LogP contribution < -0.4 is 27.4 Å². The van der Waals surface area contributed by atoms with Gasteiger partial charge in [-0.1, -0.05) is 56.3 Å². The summed E-state index contributed by atoms with van der Waals surface area (Å²) in [6.07, 6.45) is 1.17. The molecule has 1 aliphatic heterocycles. The number of primary amides is 1. The fourth-order valence-electron chi connectivity index (χ4n) is 4.97. The van der Waals surface area contributed by atoms with Crippen LogP contribution in [-0.4, -0.2) is 76.3 Å². The van der Waals surface area contributed by atoms with Crippen molar-refractivity contribution in [2.24, 2.45) is 17.4 Å². The molecule has 0 radical (unpaired) electrons. The smallest absolute Gasteiger partial charge is 0.246 e.